The molecule has 18 heavy (non-hydrogen) atoms. The molecule has 0 fully saturated rings. The topological polar surface area (TPSA) is 39.6 Å². The normalized spacial score (nSPS) is 9.67. The van der Waals surface area contributed by atoms with Gasteiger partial charge in [0, 0.05) is 23.0 Å². The van der Waals surface area contributed by atoms with Gasteiger partial charge in [-0.05, 0) is 43.0 Å². The van der Waals surface area contributed by atoms with E-state index in [1.165, 1.54) is 5.56 Å². The summed E-state index contributed by atoms with van der Waals surface area (Å²) in [5, 5.41) is 10.0. The maximum absolute atomic E-state index is 8.86. The molecule has 2 rings (SSSR count). The quantitative estimate of drug-likeness (QED) is 0.633. The fourth-order valence-corrected chi connectivity index (χ4v) is 2.05. The highest BCUT2D eigenvalue weighted by Gasteiger charge is 2.04. The number of nitrogens with one attached hydrogen (secondary N) is 1. The molecule has 0 atom stereocenters. The largest absolute Gasteiger partial charge is 0.361 e. The summed E-state index contributed by atoms with van der Waals surface area (Å²) in [6.45, 7) is 4.00. The molecule has 3 heteroatoms. The van der Waals surface area contributed by atoms with Gasteiger partial charge in [-0.25, -0.2) is 0 Å². The Balaban J connectivity index is 0.000000771. The smallest absolute Gasteiger partial charge is 0.0991 e. The molecule has 0 saturated carbocycles. The van der Waals surface area contributed by atoms with Crippen LogP contribution in [0.1, 0.15) is 37.8 Å². The van der Waals surface area contributed by atoms with Crippen LogP contribution in [0.3, 0.4) is 0 Å². The molecule has 1 N–H and O–H groups in total. The molecule has 1 aromatic heterocycles. The highest BCUT2D eigenvalue weighted by molar-refractivity contribution is 6.17. The van der Waals surface area contributed by atoms with Crippen molar-refractivity contribution in [2.75, 3.05) is 5.88 Å². The highest BCUT2D eigenvalue weighted by atomic mass is 35.5. The lowest BCUT2D eigenvalue weighted by Gasteiger charge is -1.98. The van der Waals surface area contributed by atoms with Crippen molar-refractivity contribution in [3.63, 3.8) is 0 Å². The van der Waals surface area contributed by atoms with E-state index in [2.05, 4.69) is 11.1 Å². The maximum Gasteiger partial charge on any atom is 0.0991 e. The molecule has 0 amide bonds. The average Bonchev–Trinajstić information content (AvgIpc) is 2.84. The number of aromatic amines is 1. The van der Waals surface area contributed by atoms with Crippen LogP contribution in [-0.2, 0) is 6.42 Å². The molecule has 1 heterocycles. The number of rotatable bonds is 4. The zero-order valence-electron chi connectivity index (χ0n) is 11.0. The Hall–Kier alpha value is -1.46. The van der Waals surface area contributed by atoms with Crippen LogP contribution in [0.2, 0.25) is 0 Å². The zero-order valence-corrected chi connectivity index (χ0v) is 11.7. The Bertz CT molecular complexity index is 523. The summed E-state index contributed by atoms with van der Waals surface area (Å²) in [7, 11) is 0. The maximum atomic E-state index is 8.86. The van der Waals surface area contributed by atoms with Gasteiger partial charge >= 0.3 is 0 Å². The van der Waals surface area contributed by atoms with E-state index < -0.39 is 0 Å². The van der Waals surface area contributed by atoms with Crippen molar-refractivity contribution in [2.24, 2.45) is 0 Å². The monoisotopic (exact) mass is 262 g/mol. The minimum atomic E-state index is 0.714. The molecule has 0 spiro atoms. The van der Waals surface area contributed by atoms with Crippen LogP contribution in [-0.4, -0.2) is 10.9 Å². The van der Waals surface area contributed by atoms with Crippen LogP contribution < -0.4 is 0 Å². The molecule has 1 aromatic carbocycles. The second-order valence-corrected chi connectivity index (χ2v) is 4.21. The standard InChI is InChI=1S/C13H13ClN2.C2H6/c14-6-2-1-3-11-9-16-13-5-4-10(8-15)7-12(11)13;1-2/h4-5,7,9,16H,1-3,6H2;1-2H3. The predicted molar refractivity (Wildman–Crippen MR) is 78.0 cm³/mol. The first-order valence-corrected chi connectivity index (χ1v) is 6.94. The molecule has 2 aromatic rings. The molecule has 96 valence electrons. The van der Waals surface area contributed by atoms with Crippen molar-refractivity contribution in [2.45, 2.75) is 33.1 Å². The minimum Gasteiger partial charge on any atom is -0.361 e. The summed E-state index contributed by atoms with van der Waals surface area (Å²) in [6.07, 6.45) is 5.17. The first-order valence-electron chi connectivity index (χ1n) is 6.41. The van der Waals surface area contributed by atoms with E-state index in [4.69, 9.17) is 16.9 Å². The van der Waals surface area contributed by atoms with Gasteiger partial charge in [0.1, 0.15) is 0 Å². The number of halogens is 1. The Morgan fingerprint density at radius 2 is 2.06 bits per heavy atom. The van der Waals surface area contributed by atoms with Gasteiger partial charge in [0.05, 0.1) is 11.6 Å². The summed E-state index contributed by atoms with van der Waals surface area (Å²) in [4.78, 5) is 3.22. The van der Waals surface area contributed by atoms with Gasteiger partial charge < -0.3 is 4.98 Å². The number of alkyl halides is 1. The van der Waals surface area contributed by atoms with Gasteiger partial charge in [-0.1, -0.05) is 13.8 Å². The molecule has 0 saturated heterocycles. The van der Waals surface area contributed by atoms with Crippen LogP contribution in [0.5, 0.6) is 0 Å². The molecule has 2 nitrogen and oxygen atoms in total. The summed E-state index contributed by atoms with van der Waals surface area (Å²) >= 11 is 5.66. The van der Waals surface area contributed by atoms with Crippen LogP contribution in [0, 0.1) is 11.3 Å². The molecule has 0 unspecified atom stereocenters. The molecule has 0 bridgehead atoms. The summed E-state index contributed by atoms with van der Waals surface area (Å²) < 4.78 is 0. The van der Waals surface area contributed by atoms with Crippen molar-refractivity contribution < 1.29 is 0 Å². The number of H-pyrrole nitrogens is 1. The molecule has 0 aliphatic heterocycles. The van der Waals surface area contributed by atoms with E-state index in [1.807, 2.05) is 38.2 Å². The second kappa shape index (κ2) is 7.79. The number of unbranched alkanes of at least 4 members (excludes halogenated alkanes) is 1. The molecule has 0 aliphatic carbocycles. The number of hydrogen-bond donors (Lipinski definition) is 1. The second-order valence-electron chi connectivity index (χ2n) is 3.83. The summed E-state index contributed by atoms with van der Waals surface area (Å²) in [6, 6.07) is 7.91. The number of hydrogen-bond acceptors (Lipinski definition) is 1. The van der Waals surface area contributed by atoms with Crippen molar-refractivity contribution in [1.29, 1.82) is 5.26 Å². The number of nitriles is 1. The fourth-order valence-electron chi connectivity index (χ4n) is 1.86. The van der Waals surface area contributed by atoms with Crippen molar-refractivity contribution in [3.8, 4) is 6.07 Å². The lowest BCUT2D eigenvalue weighted by molar-refractivity contribution is 0.803. The third-order valence-corrected chi connectivity index (χ3v) is 2.99. The van der Waals surface area contributed by atoms with Gasteiger partial charge in [0.25, 0.3) is 0 Å². The SMILES string of the molecule is CC.N#Cc1ccc2[nH]cc(CCCCCl)c2c1. The van der Waals surface area contributed by atoms with Gasteiger partial charge in [0.15, 0.2) is 0 Å². The van der Waals surface area contributed by atoms with E-state index in [1.54, 1.807) is 0 Å². The Labute approximate surface area is 114 Å². The third kappa shape index (κ3) is 3.51. The van der Waals surface area contributed by atoms with Gasteiger partial charge in [-0.15, -0.1) is 11.6 Å². The van der Waals surface area contributed by atoms with E-state index in [0.29, 0.717) is 11.4 Å². The molecule has 0 radical (unpaired) electrons. The highest BCUT2D eigenvalue weighted by Crippen LogP contribution is 2.21. The molecule has 0 aliphatic rings. The lowest BCUT2D eigenvalue weighted by Crippen LogP contribution is -1.85. The van der Waals surface area contributed by atoms with E-state index in [-0.39, 0.29) is 0 Å². The summed E-state index contributed by atoms with van der Waals surface area (Å²) in [5.74, 6) is 0.714. The number of benzene rings is 1. The number of aryl methyl sites for hydroxylation is 1. The molecular formula is C15H19ClN2. The van der Waals surface area contributed by atoms with Crippen LogP contribution >= 0.6 is 11.6 Å². The zero-order chi connectivity index (χ0) is 13.4. The third-order valence-electron chi connectivity index (χ3n) is 2.73. The van der Waals surface area contributed by atoms with Crippen molar-refractivity contribution >= 4 is 22.5 Å². The van der Waals surface area contributed by atoms with E-state index in [9.17, 15) is 0 Å². The average molecular weight is 263 g/mol. The van der Waals surface area contributed by atoms with Crippen molar-refractivity contribution in [1.82, 2.24) is 4.98 Å². The predicted octanol–water partition coefficient (Wildman–Crippen LogP) is 4.63. The van der Waals surface area contributed by atoms with Crippen LogP contribution in [0.25, 0.3) is 10.9 Å². The van der Waals surface area contributed by atoms with Crippen molar-refractivity contribution in [3.05, 3.63) is 35.5 Å². The number of nitrogens with zero attached hydrogens (tertiary/aromatic N) is 1. The lowest BCUT2D eigenvalue weighted by atomic mass is 10.1. The van der Waals surface area contributed by atoms with E-state index >= 15 is 0 Å². The van der Waals surface area contributed by atoms with Crippen LogP contribution in [0.15, 0.2) is 24.4 Å². The first kappa shape index (κ1) is 14.6. The minimum absolute atomic E-state index is 0.714. The number of aromatic nitrogens is 1. The van der Waals surface area contributed by atoms with Gasteiger partial charge in [-0.2, -0.15) is 5.26 Å². The first-order chi connectivity index (χ1) is 8.85. The van der Waals surface area contributed by atoms with Gasteiger partial charge in [-0.3, -0.25) is 0 Å². The Morgan fingerprint density at radius 3 is 2.72 bits per heavy atom. The molecular weight excluding hydrogens is 244 g/mol. The Kier molecular flexibility index (Phi) is 6.32. The van der Waals surface area contributed by atoms with Gasteiger partial charge in [0.2, 0.25) is 0 Å². The fraction of sp³-hybridized carbons (Fsp3) is 0.400. The van der Waals surface area contributed by atoms with Crippen LogP contribution in [0.4, 0.5) is 0 Å². The summed E-state index contributed by atoms with van der Waals surface area (Å²) in [5.41, 5.74) is 3.09. The Morgan fingerprint density at radius 1 is 1.28 bits per heavy atom. The van der Waals surface area contributed by atoms with E-state index in [0.717, 1.165) is 30.2 Å². The number of fused-ring (bicyclic) bond motifs is 1.